The van der Waals surface area contributed by atoms with Gasteiger partial charge >= 0.3 is 5.69 Å². The van der Waals surface area contributed by atoms with Crippen molar-refractivity contribution in [3.05, 3.63) is 33.2 Å². The second-order valence-corrected chi connectivity index (χ2v) is 4.65. The summed E-state index contributed by atoms with van der Waals surface area (Å²) in [6, 6.07) is 0. The highest BCUT2D eigenvalue weighted by molar-refractivity contribution is 5.60. The Morgan fingerprint density at radius 1 is 1.33 bits per heavy atom. The van der Waals surface area contributed by atoms with Gasteiger partial charge in [0.1, 0.15) is 11.5 Å². The van der Waals surface area contributed by atoms with Crippen molar-refractivity contribution in [3.63, 3.8) is 0 Å². The summed E-state index contributed by atoms with van der Waals surface area (Å²) in [5.74, 6) is 0.170. The fourth-order valence-corrected chi connectivity index (χ4v) is 2.04. The number of nitrogens with two attached hydrogens (primary N) is 1. The monoisotopic (exact) mass is 293 g/mol. The van der Waals surface area contributed by atoms with Crippen LogP contribution in [-0.2, 0) is 20.1 Å². The minimum Gasteiger partial charge on any atom is -0.383 e. The number of aromatic nitrogens is 5. The van der Waals surface area contributed by atoms with Crippen molar-refractivity contribution in [2.45, 2.75) is 26.4 Å². The number of hydrogen-bond donors (Lipinski definition) is 2. The first-order valence-electron chi connectivity index (χ1n) is 6.73. The van der Waals surface area contributed by atoms with Crippen LogP contribution in [0.3, 0.4) is 0 Å². The second kappa shape index (κ2) is 6.25. The molecule has 3 N–H and O–H groups in total. The van der Waals surface area contributed by atoms with E-state index < -0.39 is 11.2 Å². The zero-order chi connectivity index (χ0) is 15.4. The van der Waals surface area contributed by atoms with Crippen molar-refractivity contribution in [1.82, 2.24) is 24.1 Å². The summed E-state index contributed by atoms with van der Waals surface area (Å²) in [6.07, 6.45) is 4.05. The van der Waals surface area contributed by atoms with Gasteiger partial charge < -0.3 is 11.1 Å². The number of rotatable bonds is 6. The zero-order valence-electron chi connectivity index (χ0n) is 12.1. The van der Waals surface area contributed by atoms with E-state index in [-0.39, 0.29) is 11.5 Å². The van der Waals surface area contributed by atoms with E-state index in [1.165, 1.54) is 11.6 Å². The Morgan fingerprint density at radius 2 is 2.10 bits per heavy atom. The molecule has 114 valence electrons. The van der Waals surface area contributed by atoms with Crippen LogP contribution in [0.4, 0.5) is 11.5 Å². The second-order valence-electron chi connectivity index (χ2n) is 4.65. The molecule has 0 spiro atoms. The summed E-state index contributed by atoms with van der Waals surface area (Å²) < 4.78 is 4.10. The molecule has 21 heavy (non-hydrogen) atoms. The molecule has 0 saturated carbocycles. The molecular weight excluding hydrogens is 274 g/mol. The van der Waals surface area contributed by atoms with Gasteiger partial charge in [-0.1, -0.05) is 12.1 Å². The molecule has 0 aromatic carbocycles. The fourth-order valence-electron chi connectivity index (χ4n) is 2.04. The van der Waals surface area contributed by atoms with Crippen molar-refractivity contribution in [1.29, 1.82) is 0 Å². The molecular formula is C12H19N7O2. The van der Waals surface area contributed by atoms with E-state index >= 15 is 0 Å². The lowest BCUT2D eigenvalue weighted by Crippen LogP contribution is -2.41. The SMILES string of the molecule is CCCn1c(N)c(NCCn2ccnn2)c(=O)n(C)c1=O. The van der Waals surface area contributed by atoms with Gasteiger partial charge in [-0.15, -0.1) is 5.10 Å². The molecule has 0 bridgehead atoms. The molecule has 0 radical (unpaired) electrons. The quantitative estimate of drug-likeness (QED) is 0.724. The molecule has 0 amide bonds. The summed E-state index contributed by atoms with van der Waals surface area (Å²) in [7, 11) is 1.44. The van der Waals surface area contributed by atoms with E-state index in [0.717, 1.165) is 11.0 Å². The molecule has 2 aromatic heterocycles. The van der Waals surface area contributed by atoms with Gasteiger partial charge in [-0.05, 0) is 6.42 Å². The van der Waals surface area contributed by atoms with E-state index in [1.807, 2.05) is 6.92 Å². The fraction of sp³-hybridized carbons (Fsp3) is 0.500. The molecule has 0 aliphatic rings. The lowest BCUT2D eigenvalue weighted by molar-refractivity contribution is 0.593. The van der Waals surface area contributed by atoms with Gasteiger partial charge in [0, 0.05) is 26.3 Å². The molecule has 9 heteroatoms. The number of nitrogens with one attached hydrogen (secondary N) is 1. The largest absolute Gasteiger partial charge is 0.383 e. The Balaban J connectivity index is 2.26. The molecule has 2 rings (SSSR count). The lowest BCUT2D eigenvalue weighted by Gasteiger charge is -2.15. The summed E-state index contributed by atoms with van der Waals surface area (Å²) >= 11 is 0. The van der Waals surface area contributed by atoms with Crippen molar-refractivity contribution in [3.8, 4) is 0 Å². The third-order valence-electron chi connectivity index (χ3n) is 3.15. The molecule has 0 unspecified atom stereocenters. The third kappa shape index (κ3) is 2.96. The van der Waals surface area contributed by atoms with Gasteiger partial charge in [-0.2, -0.15) is 0 Å². The average molecular weight is 293 g/mol. The van der Waals surface area contributed by atoms with Gasteiger partial charge in [-0.3, -0.25) is 18.6 Å². The summed E-state index contributed by atoms with van der Waals surface area (Å²) in [5.41, 5.74) is 5.36. The normalized spacial score (nSPS) is 10.8. The molecule has 0 fully saturated rings. The first-order valence-corrected chi connectivity index (χ1v) is 6.73. The van der Waals surface area contributed by atoms with Crippen molar-refractivity contribution >= 4 is 11.5 Å². The highest BCUT2D eigenvalue weighted by Crippen LogP contribution is 2.10. The Labute approximate surface area is 121 Å². The Morgan fingerprint density at radius 3 is 2.71 bits per heavy atom. The van der Waals surface area contributed by atoms with Crippen LogP contribution in [0.15, 0.2) is 22.0 Å². The van der Waals surface area contributed by atoms with E-state index in [2.05, 4.69) is 15.6 Å². The van der Waals surface area contributed by atoms with E-state index in [9.17, 15) is 9.59 Å². The van der Waals surface area contributed by atoms with Crippen LogP contribution in [0.2, 0.25) is 0 Å². The van der Waals surface area contributed by atoms with Gasteiger partial charge in [0.05, 0.1) is 12.7 Å². The van der Waals surface area contributed by atoms with Crippen molar-refractivity contribution in [2.24, 2.45) is 7.05 Å². The minimum atomic E-state index is -0.427. The van der Waals surface area contributed by atoms with Crippen LogP contribution in [0, 0.1) is 0 Å². The Bertz CT molecular complexity index is 714. The maximum atomic E-state index is 12.1. The first-order chi connectivity index (χ1) is 10.1. The van der Waals surface area contributed by atoms with Gasteiger partial charge in [0.25, 0.3) is 5.56 Å². The molecule has 0 aliphatic heterocycles. The zero-order valence-corrected chi connectivity index (χ0v) is 12.1. The lowest BCUT2D eigenvalue weighted by atomic mass is 10.4. The van der Waals surface area contributed by atoms with E-state index in [1.54, 1.807) is 17.1 Å². The molecule has 0 atom stereocenters. The van der Waals surface area contributed by atoms with Crippen LogP contribution in [0.5, 0.6) is 0 Å². The number of anilines is 2. The highest BCUT2D eigenvalue weighted by Gasteiger charge is 2.14. The van der Waals surface area contributed by atoms with Crippen LogP contribution >= 0.6 is 0 Å². The predicted octanol–water partition coefficient (Wildman–Crippen LogP) is -0.757. The van der Waals surface area contributed by atoms with E-state index in [4.69, 9.17) is 5.73 Å². The van der Waals surface area contributed by atoms with Gasteiger partial charge in [-0.25, -0.2) is 4.79 Å². The molecule has 9 nitrogen and oxygen atoms in total. The van der Waals surface area contributed by atoms with Crippen molar-refractivity contribution in [2.75, 3.05) is 17.6 Å². The molecule has 2 aromatic rings. The predicted molar refractivity (Wildman–Crippen MR) is 79.2 cm³/mol. The maximum absolute atomic E-state index is 12.1. The van der Waals surface area contributed by atoms with Crippen LogP contribution in [0.1, 0.15) is 13.3 Å². The number of nitrogens with zero attached hydrogens (tertiary/aromatic N) is 5. The summed E-state index contributed by atoms with van der Waals surface area (Å²) in [6.45, 7) is 3.40. The summed E-state index contributed by atoms with van der Waals surface area (Å²) in [5, 5.41) is 10.5. The van der Waals surface area contributed by atoms with Crippen molar-refractivity contribution < 1.29 is 0 Å². The Hall–Kier alpha value is -2.58. The minimum absolute atomic E-state index is 0.170. The smallest absolute Gasteiger partial charge is 0.332 e. The van der Waals surface area contributed by atoms with Crippen LogP contribution in [-0.4, -0.2) is 30.7 Å². The maximum Gasteiger partial charge on any atom is 0.332 e. The topological polar surface area (TPSA) is 113 Å². The molecule has 0 saturated heterocycles. The Kier molecular flexibility index (Phi) is 4.41. The first kappa shape index (κ1) is 14.8. The molecule has 2 heterocycles. The van der Waals surface area contributed by atoms with Crippen LogP contribution < -0.4 is 22.3 Å². The third-order valence-corrected chi connectivity index (χ3v) is 3.15. The average Bonchev–Trinajstić information content (AvgIpc) is 2.98. The van der Waals surface area contributed by atoms with Crippen LogP contribution in [0.25, 0.3) is 0 Å². The van der Waals surface area contributed by atoms with E-state index in [0.29, 0.717) is 19.6 Å². The standard InChI is InChI=1S/C12H19N7O2/c1-3-6-19-10(13)9(11(20)17(2)12(19)21)14-4-7-18-8-5-15-16-18/h5,8,14H,3-4,6-7,13H2,1-2H3. The van der Waals surface area contributed by atoms with Gasteiger partial charge in [0.15, 0.2) is 0 Å². The highest BCUT2D eigenvalue weighted by atomic mass is 16.2. The number of nitrogen functional groups attached to an aromatic ring is 1. The number of hydrogen-bond acceptors (Lipinski definition) is 6. The summed E-state index contributed by atoms with van der Waals surface area (Å²) in [4.78, 5) is 24.1. The van der Waals surface area contributed by atoms with Gasteiger partial charge in [0.2, 0.25) is 0 Å². The molecule has 0 aliphatic carbocycles.